The number of furan rings is 1. The molecule has 4 nitrogen and oxygen atoms in total. The van der Waals surface area contributed by atoms with Crippen molar-refractivity contribution in [3.05, 3.63) is 59.5 Å². The molecule has 0 saturated carbocycles. The standard InChI is InChI=1S/C15H12N2O2/c1-9-6-7-17-15(16)13(9)14(18)11-8-19-12-5-3-2-4-10(11)12/h2-8H,1H3,(H2,16,17). The number of benzene rings is 1. The molecule has 0 aliphatic carbocycles. The van der Waals surface area contributed by atoms with Crippen molar-refractivity contribution in [3.8, 4) is 0 Å². The zero-order valence-corrected chi connectivity index (χ0v) is 10.4. The predicted molar refractivity (Wildman–Crippen MR) is 73.0 cm³/mol. The van der Waals surface area contributed by atoms with Crippen LogP contribution in [0.2, 0.25) is 0 Å². The lowest BCUT2D eigenvalue weighted by Crippen LogP contribution is -2.08. The summed E-state index contributed by atoms with van der Waals surface area (Å²) in [4.78, 5) is 16.6. The van der Waals surface area contributed by atoms with Crippen molar-refractivity contribution in [1.82, 2.24) is 4.98 Å². The average molecular weight is 252 g/mol. The van der Waals surface area contributed by atoms with Crippen molar-refractivity contribution in [2.75, 3.05) is 5.73 Å². The Kier molecular flexibility index (Phi) is 2.56. The minimum absolute atomic E-state index is 0.159. The number of nitrogen functional groups attached to an aromatic ring is 1. The molecular weight excluding hydrogens is 240 g/mol. The number of nitrogens with two attached hydrogens (primary N) is 1. The molecule has 0 spiro atoms. The Morgan fingerprint density at radius 3 is 2.84 bits per heavy atom. The number of hydrogen-bond acceptors (Lipinski definition) is 4. The number of aromatic nitrogens is 1. The number of hydrogen-bond donors (Lipinski definition) is 1. The summed E-state index contributed by atoms with van der Waals surface area (Å²) >= 11 is 0. The Balaban J connectivity index is 2.20. The van der Waals surface area contributed by atoms with E-state index >= 15 is 0 Å². The third-order valence-corrected chi connectivity index (χ3v) is 3.14. The van der Waals surface area contributed by atoms with Gasteiger partial charge in [0, 0.05) is 11.6 Å². The van der Waals surface area contributed by atoms with Crippen LogP contribution in [0.4, 0.5) is 5.82 Å². The quantitative estimate of drug-likeness (QED) is 0.712. The number of nitrogens with zero attached hydrogens (tertiary/aromatic N) is 1. The van der Waals surface area contributed by atoms with Crippen LogP contribution in [0.1, 0.15) is 21.5 Å². The summed E-state index contributed by atoms with van der Waals surface area (Å²) in [6.45, 7) is 1.84. The number of carbonyl (C=O) groups is 1. The molecule has 0 unspecified atom stereocenters. The van der Waals surface area contributed by atoms with Crippen LogP contribution in [-0.2, 0) is 0 Å². The lowest BCUT2D eigenvalue weighted by atomic mass is 10.00. The maximum atomic E-state index is 12.6. The van der Waals surface area contributed by atoms with Crippen LogP contribution in [0.5, 0.6) is 0 Å². The lowest BCUT2D eigenvalue weighted by Gasteiger charge is -2.06. The third kappa shape index (κ3) is 1.78. The summed E-state index contributed by atoms with van der Waals surface area (Å²) in [5.74, 6) is 0.0864. The second kappa shape index (κ2) is 4.24. The Hall–Kier alpha value is -2.62. The van der Waals surface area contributed by atoms with Crippen LogP contribution in [0.15, 0.2) is 47.2 Å². The summed E-state index contributed by atoms with van der Waals surface area (Å²) in [7, 11) is 0. The van der Waals surface area contributed by atoms with Gasteiger partial charge in [0.1, 0.15) is 17.7 Å². The van der Waals surface area contributed by atoms with Gasteiger partial charge in [-0.3, -0.25) is 4.79 Å². The van der Waals surface area contributed by atoms with Crippen molar-refractivity contribution in [2.45, 2.75) is 6.92 Å². The zero-order valence-electron chi connectivity index (χ0n) is 10.4. The monoisotopic (exact) mass is 252 g/mol. The Morgan fingerprint density at radius 1 is 1.26 bits per heavy atom. The summed E-state index contributed by atoms with van der Waals surface area (Å²) in [6, 6.07) is 9.18. The van der Waals surface area contributed by atoms with Crippen LogP contribution >= 0.6 is 0 Å². The summed E-state index contributed by atoms with van der Waals surface area (Å²) in [5, 5.41) is 0.787. The van der Waals surface area contributed by atoms with E-state index in [9.17, 15) is 4.79 Å². The molecule has 0 fully saturated rings. The highest BCUT2D eigenvalue weighted by molar-refractivity contribution is 6.18. The minimum Gasteiger partial charge on any atom is -0.464 e. The average Bonchev–Trinajstić information content (AvgIpc) is 2.82. The Morgan fingerprint density at radius 2 is 2.05 bits per heavy atom. The van der Waals surface area contributed by atoms with Gasteiger partial charge in [0.05, 0.1) is 11.1 Å². The molecule has 0 amide bonds. The van der Waals surface area contributed by atoms with Crippen LogP contribution in [0, 0.1) is 6.92 Å². The Labute approximate surface area is 109 Å². The molecular formula is C15H12N2O2. The van der Waals surface area contributed by atoms with Gasteiger partial charge in [0.15, 0.2) is 0 Å². The molecule has 0 aliphatic rings. The molecule has 0 aliphatic heterocycles. The normalized spacial score (nSPS) is 10.8. The van der Waals surface area contributed by atoms with Crippen LogP contribution in [0.25, 0.3) is 11.0 Å². The molecule has 94 valence electrons. The highest BCUT2D eigenvalue weighted by Crippen LogP contribution is 2.26. The molecule has 0 saturated heterocycles. The number of fused-ring (bicyclic) bond motifs is 1. The van der Waals surface area contributed by atoms with E-state index < -0.39 is 0 Å². The number of ketones is 1. The molecule has 1 aromatic carbocycles. The minimum atomic E-state index is -0.159. The van der Waals surface area contributed by atoms with Gasteiger partial charge >= 0.3 is 0 Å². The zero-order chi connectivity index (χ0) is 13.4. The van der Waals surface area contributed by atoms with Crippen LogP contribution in [0.3, 0.4) is 0 Å². The summed E-state index contributed by atoms with van der Waals surface area (Å²) < 4.78 is 5.39. The van der Waals surface area contributed by atoms with E-state index in [0.717, 1.165) is 10.9 Å². The van der Waals surface area contributed by atoms with E-state index in [1.165, 1.54) is 6.26 Å². The molecule has 3 aromatic rings. The summed E-state index contributed by atoms with van der Waals surface area (Å²) in [6.07, 6.45) is 3.06. The van der Waals surface area contributed by atoms with Crippen LogP contribution in [-0.4, -0.2) is 10.8 Å². The molecule has 0 bridgehead atoms. The number of para-hydroxylation sites is 1. The second-order valence-electron chi connectivity index (χ2n) is 4.36. The van der Waals surface area contributed by atoms with Gasteiger partial charge in [-0.05, 0) is 24.6 Å². The van der Waals surface area contributed by atoms with E-state index in [1.807, 2.05) is 31.2 Å². The number of pyridine rings is 1. The Bertz CT molecular complexity index is 754. The molecule has 0 atom stereocenters. The van der Waals surface area contributed by atoms with Gasteiger partial charge in [-0.15, -0.1) is 0 Å². The molecule has 2 N–H and O–H groups in total. The maximum Gasteiger partial charge on any atom is 0.200 e. The molecule has 2 heterocycles. The topological polar surface area (TPSA) is 69.1 Å². The second-order valence-corrected chi connectivity index (χ2v) is 4.36. The highest BCUT2D eigenvalue weighted by Gasteiger charge is 2.19. The molecule has 3 rings (SSSR count). The smallest absolute Gasteiger partial charge is 0.200 e. The van der Waals surface area contributed by atoms with Gasteiger partial charge in [0.25, 0.3) is 0 Å². The lowest BCUT2D eigenvalue weighted by molar-refractivity contribution is 0.103. The van der Waals surface area contributed by atoms with E-state index in [1.54, 1.807) is 12.3 Å². The first-order chi connectivity index (χ1) is 9.18. The largest absolute Gasteiger partial charge is 0.464 e. The highest BCUT2D eigenvalue weighted by atomic mass is 16.3. The number of rotatable bonds is 2. The van der Waals surface area contributed by atoms with E-state index in [0.29, 0.717) is 16.7 Å². The number of anilines is 1. The molecule has 4 heteroatoms. The van der Waals surface area contributed by atoms with Gasteiger partial charge in [0.2, 0.25) is 5.78 Å². The fraction of sp³-hybridized carbons (Fsp3) is 0.0667. The SMILES string of the molecule is Cc1ccnc(N)c1C(=O)c1coc2ccccc12. The van der Waals surface area contributed by atoms with Gasteiger partial charge in [-0.1, -0.05) is 18.2 Å². The molecule has 0 radical (unpaired) electrons. The van der Waals surface area contributed by atoms with Crippen molar-refractivity contribution in [3.63, 3.8) is 0 Å². The van der Waals surface area contributed by atoms with E-state index in [4.69, 9.17) is 10.2 Å². The van der Waals surface area contributed by atoms with E-state index in [-0.39, 0.29) is 11.6 Å². The van der Waals surface area contributed by atoms with Crippen molar-refractivity contribution >= 4 is 22.6 Å². The van der Waals surface area contributed by atoms with Crippen molar-refractivity contribution in [2.24, 2.45) is 0 Å². The predicted octanol–water partition coefficient (Wildman–Crippen LogP) is 2.95. The van der Waals surface area contributed by atoms with Crippen LogP contribution < -0.4 is 5.73 Å². The number of carbonyl (C=O) groups excluding carboxylic acids is 1. The van der Waals surface area contributed by atoms with E-state index in [2.05, 4.69) is 4.98 Å². The van der Waals surface area contributed by atoms with Gasteiger partial charge < -0.3 is 10.2 Å². The first-order valence-corrected chi connectivity index (χ1v) is 5.90. The number of aryl methyl sites for hydroxylation is 1. The third-order valence-electron chi connectivity index (χ3n) is 3.14. The fourth-order valence-electron chi connectivity index (χ4n) is 2.16. The van der Waals surface area contributed by atoms with Crippen molar-refractivity contribution < 1.29 is 9.21 Å². The molecule has 19 heavy (non-hydrogen) atoms. The van der Waals surface area contributed by atoms with Gasteiger partial charge in [-0.2, -0.15) is 0 Å². The molecule has 2 aromatic heterocycles. The maximum absolute atomic E-state index is 12.6. The summed E-state index contributed by atoms with van der Waals surface area (Å²) in [5.41, 5.74) is 8.26. The van der Waals surface area contributed by atoms with Crippen molar-refractivity contribution in [1.29, 1.82) is 0 Å². The fourth-order valence-corrected chi connectivity index (χ4v) is 2.16. The first kappa shape index (κ1) is 11.5. The van der Waals surface area contributed by atoms with Gasteiger partial charge in [-0.25, -0.2) is 4.98 Å². The first-order valence-electron chi connectivity index (χ1n) is 5.90.